The van der Waals surface area contributed by atoms with Crippen molar-refractivity contribution >= 4 is 27.5 Å². The fraction of sp³-hybridized carbons (Fsp3) is 0.333. The number of thiazole rings is 1. The van der Waals surface area contributed by atoms with Gasteiger partial charge in [0.25, 0.3) is 5.19 Å². The zero-order valence-electron chi connectivity index (χ0n) is 15.5. The van der Waals surface area contributed by atoms with Crippen molar-refractivity contribution < 1.29 is 18.3 Å². The first kappa shape index (κ1) is 18.8. The van der Waals surface area contributed by atoms with Gasteiger partial charge in [-0.2, -0.15) is 4.98 Å². The SMILES string of the molecule is Cc1cccc(CC(=O)N2CCC(Oc3nc4c(F)cc(F)cc4s3)CC2)c1. The smallest absolute Gasteiger partial charge is 0.274 e. The number of piperidine rings is 1. The number of aromatic nitrogens is 1. The summed E-state index contributed by atoms with van der Waals surface area (Å²) >= 11 is 1.14. The molecule has 0 saturated carbocycles. The van der Waals surface area contributed by atoms with E-state index >= 15 is 0 Å². The largest absolute Gasteiger partial charge is 0.467 e. The highest BCUT2D eigenvalue weighted by Gasteiger charge is 2.25. The molecule has 3 aromatic rings. The molecule has 1 saturated heterocycles. The Hall–Kier alpha value is -2.54. The molecule has 0 spiro atoms. The van der Waals surface area contributed by atoms with Gasteiger partial charge in [0.2, 0.25) is 5.91 Å². The molecule has 1 fully saturated rings. The summed E-state index contributed by atoms with van der Waals surface area (Å²) in [5.74, 6) is -1.19. The zero-order valence-corrected chi connectivity index (χ0v) is 16.3. The summed E-state index contributed by atoms with van der Waals surface area (Å²) in [7, 11) is 0. The van der Waals surface area contributed by atoms with Gasteiger partial charge in [0.1, 0.15) is 17.4 Å². The first-order valence-electron chi connectivity index (χ1n) is 9.23. The maximum absolute atomic E-state index is 13.8. The molecule has 2 aromatic carbocycles. The maximum atomic E-state index is 13.8. The monoisotopic (exact) mass is 402 g/mol. The second kappa shape index (κ2) is 7.83. The van der Waals surface area contributed by atoms with Crippen molar-refractivity contribution in [2.45, 2.75) is 32.3 Å². The van der Waals surface area contributed by atoms with E-state index in [-0.39, 0.29) is 17.5 Å². The number of likely N-dealkylation sites (tertiary alicyclic amines) is 1. The van der Waals surface area contributed by atoms with Gasteiger partial charge in [-0.05, 0) is 18.6 Å². The summed E-state index contributed by atoms with van der Waals surface area (Å²) < 4.78 is 33.4. The van der Waals surface area contributed by atoms with Crippen molar-refractivity contribution in [3.63, 3.8) is 0 Å². The number of rotatable bonds is 4. The number of fused-ring (bicyclic) bond motifs is 1. The molecule has 2 heterocycles. The van der Waals surface area contributed by atoms with Crippen molar-refractivity contribution in [2.24, 2.45) is 0 Å². The van der Waals surface area contributed by atoms with Crippen LogP contribution in [0, 0.1) is 18.6 Å². The molecule has 1 amide bonds. The van der Waals surface area contributed by atoms with Crippen LogP contribution < -0.4 is 4.74 Å². The van der Waals surface area contributed by atoms with Crippen LogP contribution in [-0.4, -0.2) is 35.0 Å². The number of amides is 1. The minimum atomic E-state index is -0.683. The molecule has 146 valence electrons. The number of halogens is 2. The number of ether oxygens (including phenoxy) is 1. The quantitative estimate of drug-likeness (QED) is 0.646. The average molecular weight is 402 g/mol. The highest BCUT2D eigenvalue weighted by molar-refractivity contribution is 7.20. The van der Waals surface area contributed by atoms with Gasteiger partial charge in [-0.1, -0.05) is 41.2 Å². The van der Waals surface area contributed by atoms with Crippen LogP contribution in [0.4, 0.5) is 8.78 Å². The molecular formula is C21H20F2N2O2S. The Balaban J connectivity index is 1.34. The van der Waals surface area contributed by atoms with Crippen molar-refractivity contribution in [3.8, 4) is 5.19 Å². The summed E-state index contributed by atoms with van der Waals surface area (Å²) in [5, 5.41) is 0.337. The summed E-state index contributed by atoms with van der Waals surface area (Å²) in [6.45, 7) is 3.24. The van der Waals surface area contributed by atoms with Crippen LogP contribution in [0.2, 0.25) is 0 Å². The molecular weight excluding hydrogens is 382 g/mol. The van der Waals surface area contributed by atoms with Crippen LogP contribution in [0.5, 0.6) is 5.19 Å². The predicted octanol–water partition coefficient (Wildman–Crippen LogP) is 4.50. The molecule has 1 aliphatic heterocycles. The lowest BCUT2D eigenvalue weighted by atomic mass is 10.0. The Bertz CT molecular complexity index is 1010. The second-order valence-electron chi connectivity index (χ2n) is 7.08. The zero-order chi connectivity index (χ0) is 19.7. The van der Waals surface area contributed by atoms with Gasteiger partial charge in [-0.25, -0.2) is 8.78 Å². The summed E-state index contributed by atoms with van der Waals surface area (Å²) in [6, 6.07) is 10.1. The van der Waals surface area contributed by atoms with Crippen molar-refractivity contribution in [1.82, 2.24) is 9.88 Å². The van der Waals surface area contributed by atoms with Gasteiger partial charge in [-0.15, -0.1) is 0 Å². The molecule has 4 rings (SSSR count). The number of aryl methyl sites for hydroxylation is 1. The fourth-order valence-electron chi connectivity index (χ4n) is 3.46. The highest BCUT2D eigenvalue weighted by atomic mass is 32.1. The van der Waals surface area contributed by atoms with E-state index in [1.165, 1.54) is 6.07 Å². The number of carbonyl (C=O) groups excluding carboxylic acids is 1. The Labute approximate surface area is 165 Å². The Morgan fingerprint density at radius 3 is 2.79 bits per heavy atom. The molecule has 7 heteroatoms. The van der Waals surface area contributed by atoms with E-state index in [9.17, 15) is 13.6 Å². The van der Waals surface area contributed by atoms with Crippen LogP contribution in [0.15, 0.2) is 36.4 Å². The Morgan fingerprint density at radius 2 is 2.04 bits per heavy atom. The molecule has 0 aliphatic carbocycles. The molecule has 1 aromatic heterocycles. The Morgan fingerprint density at radius 1 is 1.25 bits per heavy atom. The maximum Gasteiger partial charge on any atom is 0.274 e. The lowest BCUT2D eigenvalue weighted by Gasteiger charge is -2.31. The standard InChI is InChI=1S/C21H20F2N2O2S/c1-13-3-2-4-14(9-13)10-19(26)25-7-5-16(6-8-25)27-21-24-20-17(23)11-15(22)12-18(20)28-21/h2-4,9,11-12,16H,5-8,10H2,1H3. The van der Waals surface area contributed by atoms with E-state index in [4.69, 9.17) is 4.74 Å². The third-order valence-corrected chi connectivity index (χ3v) is 5.79. The van der Waals surface area contributed by atoms with Crippen LogP contribution in [0.3, 0.4) is 0 Å². The van der Waals surface area contributed by atoms with Gasteiger partial charge in [0, 0.05) is 32.0 Å². The van der Waals surface area contributed by atoms with Gasteiger partial charge in [-0.3, -0.25) is 4.79 Å². The second-order valence-corrected chi connectivity index (χ2v) is 8.07. The lowest BCUT2D eigenvalue weighted by molar-refractivity contribution is -0.132. The molecule has 28 heavy (non-hydrogen) atoms. The molecule has 4 nitrogen and oxygen atoms in total. The first-order valence-corrected chi connectivity index (χ1v) is 10.0. The third-order valence-electron chi connectivity index (χ3n) is 4.89. The fourth-order valence-corrected chi connectivity index (χ4v) is 4.38. The van der Waals surface area contributed by atoms with Gasteiger partial charge in [0.15, 0.2) is 5.82 Å². The van der Waals surface area contributed by atoms with E-state index in [2.05, 4.69) is 4.98 Å². The number of carbonyl (C=O) groups is 1. The molecule has 0 radical (unpaired) electrons. The average Bonchev–Trinajstić information content (AvgIpc) is 3.05. The van der Waals surface area contributed by atoms with Gasteiger partial charge >= 0.3 is 0 Å². The van der Waals surface area contributed by atoms with Gasteiger partial charge < -0.3 is 9.64 Å². The minimum absolute atomic E-state index is 0.0866. The van der Waals surface area contributed by atoms with Crippen molar-refractivity contribution in [3.05, 3.63) is 59.2 Å². The molecule has 1 aliphatic rings. The summed E-state index contributed by atoms with van der Waals surface area (Å²) in [5.41, 5.74) is 2.30. The Kier molecular flexibility index (Phi) is 5.26. The predicted molar refractivity (Wildman–Crippen MR) is 105 cm³/mol. The number of benzene rings is 2. The molecule has 0 unspecified atom stereocenters. The van der Waals surface area contributed by atoms with Crippen LogP contribution >= 0.6 is 11.3 Å². The lowest BCUT2D eigenvalue weighted by Crippen LogP contribution is -2.42. The minimum Gasteiger partial charge on any atom is -0.467 e. The van der Waals surface area contributed by atoms with E-state index < -0.39 is 11.6 Å². The molecule has 0 atom stereocenters. The molecule has 0 bridgehead atoms. The highest BCUT2D eigenvalue weighted by Crippen LogP contribution is 2.32. The normalized spacial score (nSPS) is 15.2. The van der Waals surface area contributed by atoms with Crippen LogP contribution in [0.25, 0.3) is 10.2 Å². The summed E-state index contributed by atoms with van der Waals surface area (Å²) in [4.78, 5) is 18.5. The van der Waals surface area contributed by atoms with Crippen LogP contribution in [-0.2, 0) is 11.2 Å². The van der Waals surface area contributed by atoms with Gasteiger partial charge in [0.05, 0.1) is 11.1 Å². The van der Waals surface area contributed by atoms with Crippen LogP contribution in [0.1, 0.15) is 24.0 Å². The number of hydrogen-bond donors (Lipinski definition) is 0. The summed E-state index contributed by atoms with van der Waals surface area (Å²) in [6.07, 6.45) is 1.69. The van der Waals surface area contributed by atoms with Crippen molar-refractivity contribution in [1.29, 1.82) is 0 Å². The van der Waals surface area contributed by atoms with E-state index in [1.807, 2.05) is 36.1 Å². The topological polar surface area (TPSA) is 42.4 Å². The van der Waals surface area contributed by atoms with E-state index in [0.717, 1.165) is 28.5 Å². The van der Waals surface area contributed by atoms with E-state index in [1.54, 1.807) is 0 Å². The van der Waals surface area contributed by atoms with Crippen molar-refractivity contribution in [2.75, 3.05) is 13.1 Å². The molecule has 0 N–H and O–H groups in total. The first-order chi connectivity index (χ1) is 13.5. The number of nitrogens with zero attached hydrogens (tertiary/aromatic N) is 2. The third kappa shape index (κ3) is 4.14. The number of hydrogen-bond acceptors (Lipinski definition) is 4. The van der Waals surface area contributed by atoms with E-state index in [0.29, 0.717) is 42.2 Å².